The van der Waals surface area contributed by atoms with E-state index in [1.807, 2.05) is 45.0 Å². The van der Waals surface area contributed by atoms with E-state index in [0.29, 0.717) is 19.0 Å². The van der Waals surface area contributed by atoms with Gasteiger partial charge in [-0.05, 0) is 45.4 Å². The molecule has 126 valence electrons. The molecule has 0 aliphatic rings. The van der Waals surface area contributed by atoms with E-state index in [4.69, 9.17) is 14.2 Å². The van der Waals surface area contributed by atoms with Crippen LogP contribution < -0.4 is 10.1 Å². The third kappa shape index (κ3) is 6.32. The van der Waals surface area contributed by atoms with Crippen molar-refractivity contribution in [2.75, 3.05) is 20.3 Å². The second-order valence-corrected chi connectivity index (χ2v) is 5.57. The van der Waals surface area contributed by atoms with E-state index in [1.54, 1.807) is 14.0 Å². The highest BCUT2D eigenvalue weighted by atomic mass is 16.5. The Balaban J connectivity index is 2.73. The first-order chi connectivity index (χ1) is 10.5. The molecule has 22 heavy (non-hydrogen) atoms. The quantitative estimate of drug-likeness (QED) is 0.650. The third-order valence-corrected chi connectivity index (χ3v) is 3.14. The topological polar surface area (TPSA) is 60.0 Å². The number of benzene rings is 1. The Bertz CT molecular complexity index is 400. The fraction of sp³-hybridized carbons (Fsp3) is 0.647. The Morgan fingerprint density at radius 3 is 2.23 bits per heavy atom. The summed E-state index contributed by atoms with van der Waals surface area (Å²) in [4.78, 5) is 0. The average molecular weight is 311 g/mol. The van der Waals surface area contributed by atoms with Gasteiger partial charge in [-0.25, -0.2) is 0 Å². The minimum Gasteiger partial charge on any atom is -0.473 e. The minimum absolute atomic E-state index is 0.0783. The zero-order valence-electron chi connectivity index (χ0n) is 14.2. The lowest BCUT2D eigenvalue weighted by Crippen LogP contribution is -2.46. The van der Waals surface area contributed by atoms with Crippen molar-refractivity contribution in [2.24, 2.45) is 0 Å². The van der Waals surface area contributed by atoms with Crippen molar-refractivity contribution < 1.29 is 19.3 Å². The molecular formula is C17H29NO4. The normalized spacial score (nSPS) is 15.6. The summed E-state index contributed by atoms with van der Waals surface area (Å²) in [6.07, 6.45) is -1.12. The molecule has 5 nitrogen and oxygen atoms in total. The van der Waals surface area contributed by atoms with E-state index < -0.39 is 12.3 Å². The molecule has 0 aromatic heterocycles. The highest BCUT2D eigenvalue weighted by Crippen LogP contribution is 2.22. The lowest BCUT2D eigenvalue weighted by molar-refractivity contribution is 0.00258. The maximum absolute atomic E-state index is 9.78. The van der Waals surface area contributed by atoms with Crippen molar-refractivity contribution in [3.8, 4) is 5.75 Å². The smallest absolute Gasteiger partial charge is 0.176 e. The van der Waals surface area contributed by atoms with Gasteiger partial charge in [0.15, 0.2) is 6.23 Å². The van der Waals surface area contributed by atoms with Crippen molar-refractivity contribution in [3.05, 3.63) is 29.8 Å². The van der Waals surface area contributed by atoms with E-state index in [2.05, 4.69) is 5.32 Å². The molecule has 0 aliphatic heterocycles. The van der Waals surface area contributed by atoms with Gasteiger partial charge in [-0.2, -0.15) is 0 Å². The maximum Gasteiger partial charge on any atom is 0.176 e. The van der Waals surface area contributed by atoms with Gasteiger partial charge in [0.25, 0.3) is 0 Å². The van der Waals surface area contributed by atoms with Crippen LogP contribution in [0.5, 0.6) is 5.75 Å². The van der Waals surface area contributed by atoms with Gasteiger partial charge >= 0.3 is 0 Å². The molecule has 5 heteroatoms. The number of aliphatic hydroxyl groups excluding tert-OH is 1. The molecule has 0 fully saturated rings. The molecule has 0 bridgehead atoms. The van der Waals surface area contributed by atoms with Crippen molar-refractivity contribution in [1.29, 1.82) is 0 Å². The molecule has 0 aliphatic carbocycles. The monoisotopic (exact) mass is 311 g/mol. The largest absolute Gasteiger partial charge is 0.473 e. The Labute approximate surface area is 133 Å². The molecule has 2 N–H and O–H groups in total. The predicted octanol–water partition coefficient (Wildman–Crippen LogP) is 2.49. The number of rotatable bonds is 10. The summed E-state index contributed by atoms with van der Waals surface area (Å²) in [5.41, 5.74) is 1.04. The van der Waals surface area contributed by atoms with Gasteiger partial charge in [-0.1, -0.05) is 12.1 Å². The fourth-order valence-electron chi connectivity index (χ4n) is 2.10. The first kappa shape index (κ1) is 18.9. The van der Waals surface area contributed by atoms with E-state index in [9.17, 15) is 5.11 Å². The summed E-state index contributed by atoms with van der Waals surface area (Å²) in [7, 11) is 1.66. The zero-order valence-corrected chi connectivity index (χ0v) is 14.2. The SMILES string of the molecule is CCOC(COC)c1ccc(OC(NC(C)C)C(C)O)cc1. The van der Waals surface area contributed by atoms with Crippen LogP contribution in [0.3, 0.4) is 0 Å². The number of ether oxygens (including phenoxy) is 3. The Hall–Kier alpha value is -1.14. The van der Waals surface area contributed by atoms with Gasteiger partial charge in [-0.15, -0.1) is 0 Å². The standard InChI is InChI=1S/C17H29NO4/c1-6-21-16(11-20-5)14-7-9-15(10-8-14)22-17(13(4)19)18-12(2)3/h7-10,12-13,16-19H,6,11H2,1-5H3. The second kappa shape index (κ2) is 9.79. The van der Waals surface area contributed by atoms with Gasteiger partial charge in [0.1, 0.15) is 18.0 Å². The molecular weight excluding hydrogens is 282 g/mol. The maximum atomic E-state index is 9.78. The highest BCUT2D eigenvalue weighted by Gasteiger charge is 2.18. The summed E-state index contributed by atoms with van der Waals surface area (Å²) < 4.78 is 16.7. The van der Waals surface area contributed by atoms with Crippen LogP contribution in [-0.2, 0) is 9.47 Å². The summed E-state index contributed by atoms with van der Waals surface area (Å²) in [6.45, 7) is 8.84. The van der Waals surface area contributed by atoms with Gasteiger partial charge in [0.05, 0.1) is 6.61 Å². The Morgan fingerprint density at radius 1 is 1.14 bits per heavy atom. The van der Waals surface area contributed by atoms with E-state index in [0.717, 1.165) is 5.56 Å². The number of hydrogen-bond donors (Lipinski definition) is 2. The van der Waals surface area contributed by atoms with Gasteiger partial charge in [-0.3, -0.25) is 5.32 Å². The number of hydrogen-bond acceptors (Lipinski definition) is 5. The second-order valence-electron chi connectivity index (χ2n) is 5.57. The third-order valence-electron chi connectivity index (χ3n) is 3.14. The van der Waals surface area contributed by atoms with Crippen molar-refractivity contribution >= 4 is 0 Å². The van der Waals surface area contributed by atoms with Gasteiger partial charge < -0.3 is 19.3 Å². The molecule has 3 unspecified atom stereocenters. The predicted molar refractivity (Wildman–Crippen MR) is 87.1 cm³/mol. The van der Waals surface area contributed by atoms with Crippen LogP contribution in [0.1, 0.15) is 39.4 Å². The van der Waals surface area contributed by atoms with Crippen LogP contribution in [0, 0.1) is 0 Å². The van der Waals surface area contributed by atoms with E-state index >= 15 is 0 Å². The molecule has 0 amide bonds. The zero-order chi connectivity index (χ0) is 16.5. The molecule has 0 radical (unpaired) electrons. The average Bonchev–Trinajstić information content (AvgIpc) is 2.46. The van der Waals surface area contributed by atoms with Crippen LogP contribution in [0.25, 0.3) is 0 Å². The molecule has 1 aromatic carbocycles. The summed E-state index contributed by atoms with van der Waals surface area (Å²) in [6, 6.07) is 7.91. The summed E-state index contributed by atoms with van der Waals surface area (Å²) in [5, 5.41) is 13.0. The van der Waals surface area contributed by atoms with Crippen LogP contribution in [0.4, 0.5) is 0 Å². The van der Waals surface area contributed by atoms with Crippen molar-refractivity contribution in [2.45, 2.75) is 52.2 Å². The van der Waals surface area contributed by atoms with E-state index in [-0.39, 0.29) is 12.1 Å². The molecule has 0 spiro atoms. The van der Waals surface area contributed by atoms with Crippen LogP contribution in [-0.4, -0.2) is 43.8 Å². The minimum atomic E-state index is -0.605. The highest BCUT2D eigenvalue weighted by molar-refractivity contribution is 5.29. The molecule has 1 aromatic rings. The Kier molecular flexibility index (Phi) is 8.42. The summed E-state index contributed by atoms with van der Waals surface area (Å²) >= 11 is 0. The number of methoxy groups -OCH3 is 1. The van der Waals surface area contributed by atoms with Gasteiger partial charge in [0, 0.05) is 19.8 Å². The lowest BCUT2D eigenvalue weighted by atomic mass is 10.1. The molecule has 0 heterocycles. The van der Waals surface area contributed by atoms with E-state index in [1.165, 1.54) is 0 Å². The number of aliphatic hydroxyl groups is 1. The first-order valence-electron chi connectivity index (χ1n) is 7.79. The van der Waals surface area contributed by atoms with Crippen LogP contribution >= 0.6 is 0 Å². The fourth-order valence-corrected chi connectivity index (χ4v) is 2.10. The summed E-state index contributed by atoms with van der Waals surface area (Å²) in [5.74, 6) is 0.704. The number of nitrogens with one attached hydrogen (secondary N) is 1. The molecule has 1 rings (SSSR count). The first-order valence-corrected chi connectivity index (χ1v) is 7.79. The molecule has 3 atom stereocenters. The Morgan fingerprint density at radius 2 is 1.77 bits per heavy atom. The van der Waals surface area contributed by atoms with Crippen LogP contribution in [0.15, 0.2) is 24.3 Å². The molecule has 0 saturated heterocycles. The lowest BCUT2D eigenvalue weighted by Gasteiger charge is -2.25. The molecule has 0 saturated carbocycles. The van der Waals surface area contributed by atoms with Gasteiger partial charge in [0.2, 0.25) is 0 Å². The van der Waals surface area contributed by atoms with Crippen LogP contribution in [0.2, 0.25) is 0 Å². The van der Waals surface area contributed by atoms with Crippen molar-refractivity contribution in [1.82, 2.24) is 5.32 Å². The van der Waals surface area contributed by atoms with Crippen molar-refractivity contribution in [3.63, 3.8) is 0 Å².